The molecule has 45 heavy (non-hydrogen) atoms. The van der Waals surface area contributed by atoms with E-state index >= 15 is 0 Å². The molecular formula is C35H45Cl2N3O5. The summed E-state index contributed by atoms with van der Waals surface area (Å²) in [4.78, 5) is 32.8. The van der Waals surface area contributed by atoms with Crippen molar-refractivity contribution >= 4 is 35.9 Å². The molecule has 1 heterocycles. The third-order valence-corrected chi connectivity index (χ3v) is 8.20. The van der Waals surface area contributed by atoms with Crippen molar-refractivity contribution in [2.24, 2.45) is 5.92 Å². The number of aromatic nitrogens is 1. The lowest BCUT2D eigenvalue weighted by Crippen LogP contribution is -2.55. The summed E-state index contributed by atoms with van der Waals surface area (Å²) in [5.41, 5.74) is 2.87. The van der Waals surface area contributed by atoms with Crippen LogP contribution in [0.1, 0.15) is 68.4 Å². The second-order valence-electron chi connectivity index (χ2n) is 12.3. The fourth-order valence-electron chi connectivity index (χ4n) is 5.42. The Labute approximate surface area is 277 Å². The van der Waals surface area contributed by atoms with Gasteiger partial charge in [0, 0.05) is 17.7 Å². The first-order chi connectivity index (χ1) is 21.0. The summed E-state index contributed by atoms with van der Waals surface area (Å²) in [6.45, 7) is 8.19. The van der Waals surface area contributed by atoms with Gasteiger partial charge >= 0.3 is 5.97 Å². The number of nitrogens with zero attached hydrogens (tertiary/aromatic N) is 2. The molecular weight excluding hydrogens is 613 g/mol. The molecule has 1 saturated carbocycles. The Hall–Kier alpha value is -3.33. The van der Waals surface area contributed by atoms with Crippen molar-refractivity contribution in [2.45, 2.75) is 64.8 Å². The van der Waals surface area contributed by atoms with Gasteiger partial charge in [-0.2, -0.15) is 0 Å². The fourth-order valence-corrected chi connectivity index (χ4v) is 5.59. The molecule has 3 aromatic rings. The van der Waals surface area contributed by atoms with E-state index in [0.29, 0.717) is 48.4 Å². The largest absolute Gasteiger partial charge is 0.493 e. The average molecular weight is 659 g/mol. The van der Waals surface area contributed by atoms with Crippen LogP contribution in [0.15, 0.2) is 48.5 Å². The lowest BCUT2D eigenvalue weighted by atomic mass is 9.81. The maximum absolute atomic E-state index is 13.6. The number of amides is 1. The van der Waals surface area contributed by atoms with Crippen LogP contribution in [0.25, 0.3) is 22.4 Å². The Kier molecular flexibility index (Phi) is 13.1. The zero-order chi connectivity index (χ0) is 31.9. The zero-order valence-corrected chi connectivity index (χ0v) is 28.4. The number of aliphatic carboxylic acids is 1. The fraction of sp³-hybridized carbons (Fsp3) is 0.457. The Morgan fingerprint density at radius 2 is 1.76 bits per heavy atom. The van der Waals surface area contributed by atoms with Crippen molar-refractivity contribution in [1.29, 1.82) is 0 Å². The number of hydrogen-bond donors (Lipinski definition) is 2. The number of hydrogen-bond acceptors (Lipinski definition) is 6. The van der Waals surface area contributed by atoms with Gasteiger partial charge in [-0.15, -0.1) is 12.4 Å². The highest BCUT2D eigenvalue weighted by Crippen LogP contribution is 2.38. The quantitative estimate of drug-likeness (QED) is 0.182. The van der Waals surface area contributed by atoms with E-state index in [1.54, 1.807) is 12.1 Å². The number of carboxylic acids is 1. The molecule has 0 saturated heterocycles. The molecule has 4 rings (SSSR count). The van der Waals surface area contributed by atoms with Gasteiger partial charge in [-0.3, -0.25) is 4.79 Å². The van der Waals surface area contributed by atoms with E-state index in [9.17, 15) is 14.7 Å². The second kappa shape index (κ2) is 16.3. The molecule has 8 nitrogen and oxygen atoms in total. The van der Waals surface area contributed by atoms with Gasteiger partial charge in [0.05, 0.1) is 23.9 Å². The van der Waals surface area contributed by atoms with Crippen molar-refractivity contribution in [3.8, 4) is 33.9 Å². The van der Waals surface area contributed by atoms with E-state index in [-0.39, 0.29) is 18.1 Å². The molecule has 0 aliphatic heterocycles. The lowest BCUT2D eigenvalue weighted by molar-refractivity contribution is -0.145. The van der Waals surface area contributed by atoms with Gasteiger partial charge in [-0.25, -0.2) is 9.78 Å². The van der Waals surface area contributed by atoms with Gasteiger partial charge in [0.2, 0.25) is 0 Å². The molecule has 1 aromatic heterocycles. The van der Waals surface area contributed by atoms with Crippen LogP contribution in [0.2, 0.25) is 5.02 Å². The number of aryl methyl sites for hydroxylation is 1. The molecule has 1 aliphatic rings. The Balaban J connectivity index is 0.00000552. The van der Waals surface area contributed by atoms with Crippen LogP contribution in [0.5, 0.6) is 11.5 Å². The average Bonchev–Trinajstić information content (AvgIpc) is 2.99. The first-order valence-corrected chi connectivity index (χ1v) is 15.7. The molecule has 0 atom stereocenters. The number of carbonyl (C=O) groups is 2. The summed E-state index contributed by atoms with van der Waals surface area (Å²) in [5.74, 6) is 0.127. The highest BCUT2D eigenvalue weighted by atomic mass is 35.5. The van der Waals surface area contributed by atoms with E-state index in [0.717, 1.165) is 60.2 Å². The molecule has 2 aromatic carbocycles. The molecule has 2 N–H and O–H groups in total. The van der Waals surface area contributed by atoms with Crippen LogP contribution >= 0.6 is 24.0 Å². The van der Waals surface area contributed by atoms with Crippen molar-refractivity contribution in [2.75, 3.05) is 33.9 Å². The minimum absolute atomic E-state index is 0. The van der Waals surface area contributed by atoms with E-state index in [1.807, 2.05) is 57.4 Å². The van der Waals surface area contributed by atoms with Crippen LogP contribution < -0.4 is 14.8 Å². The first kappa shape index (κ1) is 36.1. The molecule has 0 radical (unpaired) electrons. The van der Waals surface area contributed by atoms with Gasteiger partial charge in [0.15, 0.2) is 0 Å². The van der Waals surface area contributed by atoms with Gasteiger partial charge in [-0.1, -0.05) is 56.8 Å². The van der Waals surface area contributed by atoms with Crippen LogP contribution in [0.3, 0.4) is 0 Å². The Bertz CT molecular complexity index is 1470. The molecule has 0 bridgehead atoms. The smallest absolute Gasteiger partial charge is 0.329 e. The minimum atomic E-state index is -1.29. The predicted molar refractivity (Wildman–Crippen MR) is 182 cm³/mol. The Morgan fingerprint density at radius 1 is 1.02 bits per heavy atom. The molecule has 1 aliphatic carbocycles. The number of nitrogens with one attached hydrogen (secondary N) is 1. The highest BCUT2D eigenvalue weighted by Gasteiger charge is 2.41. The first-order valence-electron chi connectivity index (χ1n) is 15.4. The van der Waals surface area contributed by atoms with E-state index in [2.05, 4.69) is 24.1 Å². The van der Waals surface area contributed by atoms with E-state index in [1.165, 1.54) is 0 Å². The minimum Gasteiger partial charge on any atom is -0.493 e. The molecule has 1 amide bonds. The van der Waals surface area contributed by atoms with Gasteiger partial charge in [0.1, 0.15) is 22.7 Å². The monoisotopic (exact) mass is 657 g/mol. The molecule has 10 heteroatoms. The van der Waals surface area contributed by atoms with Crippen LogP contribution in [-0.4, -0.2) is 66.3 Å². The van der Waals surface area contributed by atoms with Crippen LogP contribution in [0.4, 0.5) is 0 Å². The maximum atomic E-state index is 13.6. The SMILES string of the molecule is Cc1ccc(OCC(C)C)cc1-c1ccc(C(=O)NC2(C(=O)O)CCCCC2)nc1-c1ccc(Cl)c(OCCCN(C)C)c1.Cl. The number of ether oxygens (including phenoxy) is 2. The number of halogens is 2. The third kappa shape index (κ3) is 9.35. The summed E-state index contributed by atoms with van der Waals surface area (Å²) in [6, 6.07) is 15.0. The van der Waals surface area contributed by atoms with Crippen LogP contribution in [0, 0.1) is 12.8 Å². The van der Waals surface area contributed by atoms with Crippen molar-refractivity contribution in [3.63, 3.8) is 0 Å². The number of benzene rings is 2. The van der Waals surface area contributed by atoms with E-state index < -0.39 is 17.4 Å². The highest BCUT2D eigenvalue weighted by molar-refractivity contribution is 6.32. The normalized spacial score (nSPS) is 14.1. The molecule has 244 valence electrons. The molecule has 0 unspecified atom stereocenters. The van der Waals surface area contributed by atoms with Crippen LogP contribution in [-0.2, 0) is 4.79 Å². The van der Waals surface area contributed by atoms with Crippen molar-refractivity contribution < 1.29 is 24.2 Å². The summed E-state index contributed by atoms with van der Waals surface area (Å²) in [6.07, 6.45) is 4.08. The third-order valence-electron chi connectivity index (χ3n) is 7.89. The molecule has 1 fully saturated rings. The summed E-state index contributed by atoms with van der Waals surface area (Å²) >= 11 is 6.53. The maximum Gasteiger partial charge on any atom is 0.329 e. The molecule has 0 spiro atoms. The van der Waals surface area contributed by atoms with Crippen molar-refractivity contribution in [3.05, 3.63) is 64.8 Å². The van der Waals surface area contributed by atoms with Gasteiger partial charge in [0.25, 0.3) is 5.91 Å². The standard InChI is InChI=1S/C35H44ClN3O5.ClH/c1-23(2)22-44-26-12-10-24(3)28(21-26)27-13-15-30(33(40)38-35(34(41)42)16-7-6-8-17-35)37-32(27)25-11-14-29(36)31(20-25)43-19-9-18-39(4)5;/h10-15,20-21,23H,6-9,16-19,22H2,1-5H3,(H,38,40)(H,41,42);1H. The van der Waals surface area contributed by atoms with E-state index in [4.69, 9.17) is 26.1 Å². The van der Waals surface area contributed by atoms with Crippen molar-refractivity contribution in [1.82, 2.24) is 15.2 Å². The topological polar surface area (TPSA) is 101 Å². The summed E-state index contributed by atoms with van der Waals surface area (Å²) in [5, 5.41) is 13.4. The zero-order valence-electron chi connectivity index (χ0n) is 26.8. The summed E-state index contributed by atoms with van der Waals surface area (Å²) < 4.78 is 12.1. The summed E-state index contributed by atoms with van der Waals surface area (Å²) in [7, 11) is 4.03. The number of pyridine rings is 1. The van der Waals surface area contributed by atoms with Gasteiger partial charge in [-0.05, 0) is 93.7 Å². The predicted octanol–water partition coefficient (Wildman–Crippen LogP) is 7.68. The Morgan fingerprint density at radius 3 is 2.42 bits per heavy atom. The second-order valence-corrected chi connectivity index (χ2v) is 12.7. The van der Waals surface area contributed by atoms with Gasteiger partial charge < -0.3 is 24.8 Å². The lowest BCUT2D eigenvalue weighted by Gasteiger charge is -2.33. The number of carboxylic acid groups (broad SMARTS) is 1. The number of rotatable bonds is 13. The number of carbonyl (C=O) groups excluding carboxylic acids is 1.